The summed E-state index contributed by atoms with van der Waals surface area (Å²) >= 11 is 0. The zero-order valence-electron chi connectivity index (χ0n) is 23.5. The minimum absolute atomic E-state index is 0.0521. The Labute approximate surface area is 230 Å². The highest BCUT2D eigenvalue weighted by molar-refractivity contribution is 6.51. The first-order valence-electron chi connectivity index (χ1n) is 13.5. The van der Waals surface area contributed by atoms with Gasteiger partial charge in [0.2, 0.25) is 0 Å². The van der Waals surface area contributed by atoms with Crippen molar-refractivity contribution < 1.29 is 24.2 Å². The average molecular weight is 528 g/mol. The largest absolute Gasteiger partial charge is 0.507 e. The minimum Gasteiger partial charge on any atom is -0.507 e. The highest BCUT2D eigenvalue weighted by Crippen LogP contribution is 2.43. The van der Waals surface area contributed by atoms with Gasteiger partial charge in [-0.25, -0.2) is 0 Å². The molecule has 0 radical (unpaired) electrons. The number of amides is 1. The monoisotopic (exact) mass is 527 g/mol. The van der Waals surface area contributed by atoms with Gasteiger partial charge in [-0.05, 0) is 84.8 Å². The highest BCUT2D eigenvalue weighted by Gasteiger charge is 2.47. The molecule has 3 aromatic carbocycles. The molecule has 4 rings (SSSR count). The lowest BCUT2D eigenvalue weighted by Gasteiger charge is -2.26. The molecule has 0 saturated carbocycles. The van der Waals surface area contributed by atoms with Gasteiger partial charge in [-0.3, -0.25) is 14.5 Å². The van der Waals surface area contributed by atoms with Gasteiger partial charge in [0.15, 0.2) is 0 Å². The quantitative estimate of drug-likeness (QED) is 0.181. The van der Waals surface area contributed by atoms with Crippen LogP contribution in [-0.2, 0) is 9.59 Å². The topological polar surface area (TPSA) is 76.1 Å². The first-order valence-corrected chi connectivity index (χ1v) is 13.5. The summed E-state index contributed by atoms with van der Waals surface area (Å²) in [6.07, 6.45) is 0. The number of ketones is 1. The molecule has 204 valence electrons. The average Bonchev–Trinajstić information content (AvgIpc) is 3.17. The van der Waals surface area contributed by atoms with E-state index >= 15 is 0 Å². The summed E-state index contributed by atoms with van der Waals surface area (Å²) in [4.78, 5) is 28.5. The van der Waals surface area contributed by atoms with E-state index in [4.69, 9.17) is 9.47 Å². The van der Waals surface area contributed by atoms with Crippen molar-refractivity contribution in [3.63, 3.8) is 0 Å². The molecule has 1 aliphatic rings. The molecule has 1 atom stereocenters. The van der Waals surface area contributed by atoms with E-state index in [0.717, 1.165) is 16.9 Å². The van der Waals surface area contributed by atoms with Gasteiger partial charge >= 0.3 is 0 Å². The molecule has 0 aliphatic carbocycles. The van der Waals surface area contributed by atoms with Crippen molar-refractivity contribution in [2.75, 3.05) is 18.1 Å². The Hall–Kier alpha value is -4.06. The molecule has 0 aromatic heterocycles. The smallest absolute Gasteiger partial charge is 0.300 e. The van der Waals surface area contributed by atoms with Crippen LogP contribution in [0.2, 0.25) is 0 Å². The number of ether oxygens (including phenoxy) is 2. The van der Waals surface area contributed by atoms with Crippen LogP contribution in [0.4, 0.5) is 5.69 Å². The maximum Gasteiger partial charge on any atom is 0.300 e. The predicted molar refractivity (Wildman–Crippen MR) is 154 cm³/mol. The number of hydrogen-bond acceptors (Lipinski definition) is 5. The van der Waals surface area contributed by atoms with Crippen LogP contribution in [0, 0.1) is 12.8 Å². The third-order valence-corrected chi connectivity index (χ3v) is 6.71. The van der Waals surface area contributed by atoms with Gasteiger partial charge in [-0.2, -0.15) is 0 Å². The number of Topliss-reactive ketones (excluding diaryl/α,β-unsaturated/α-hetero) is 1. The van der Waals surface area contributed by atoms with Crippen molar-refractivity contribution in [1.29, 1.82) is 0 Å². The fraction of sp³-hybridized carbons (Fsp3) is 0.333. The number of aliphatic hydroxyl groups is 1. The van der Waals surface area contributed by atoms with Crippen LogP contribution in [0.3, 0.4) is 0 Å². The van der Waals surface area contributed by atoms with E-state index in [-0.39, 0.29) is 17.3 Å². The third kappa shape index (κ3) is 5.85. The standard InChI is InChI=1S/C33H37NO5/c1-7-38-28-16-13-24(18-27(28)21(4)5)31(35)29-30(23-11-14-26(15-12-23)39-19-20(2)3)34(33(37)32(29)36)25-10-8-9-22(6)17-25/h8-18,20-21,30,35H,7,19H2,1-6H3/b31-29-. The van der Waals surface area contributed by atoms with E-state index in [2.05, 4.69) is 13.8 Å². The third-order valence-electron chi connectivity index (χ3n) is 6.71. The molecule has 1 unspecified atom stereocenters. The number of aliphatic hydroxyl groups excluding tert-OH is 1. The Morgan fingerprint density at radius 2 is 1.67 bits per heavy atom. The number of anilines is 1. The van der Waals surface area contributed by atoms with Crippen molar-refractivity contribution >= 4 is 23.1 Å². The zero-order valence-corrected chi connectivity index (χ0v) is 23.5. The molecule has 1 aliphatic heterocycles. The molecule has 1 N–H and O–H groups in total. The first kappa shape index (κ1) is 28.0. The molecule has 6 heteroatoms. The van der Waals surface area contributed by atoms with Crippen LogP contribution >= 0.6 is 0 Å². The summed E-state index contributed by atoms with van der Waals surface area (Å²) in [6, 6.07) is 19.4. The van der Waals surface area contributed by atoms with Gasteiger partial charge in [0.25, 0.3) is 11.7 Å². The number of nitrogens with zero attached hydrogens (tertiary/aromatic N) is 1. The Morgan fingerprint density at radius 3 is 2.28 bits per heavy atom. The lowest BCUT2D eigenvalue weighted by atomic mass is 9.93. The van der Waals surface area contributed by atoms with Gasteiger partial charge in [-0.1, -0.05) is 52.0 Å². The zero-order chi connectivity index (χ0) is 28.3. The molecule has 3 aromatic rings. The van der Waals surface area contributed by atoms with Crippen molar-refractivity contribution in [1.82, 2.24) is 0 Å². The fourth-order valence-electron chi connectivity index (χ4n) is 4.79. The molecule has 0 spiro atoms. The molecule has 39 heavy (non-hydrogen) atoms. The highest BCUT2D eigenvalue weighted by atomic mass is 16.5. The Kier molecular flexibility index (Phi) is 8.44. The van der Waals surface area contributed by atoms with E-state index in [0.29, 0.717) is 41.7 Å². The second-order valence-electron chi connectivity index (χ2n) is 10.6. The first-order chi connectivity index (χ1) is 18.6. The fourth-order valence-corrected chi connectivity index (χ4v) is 4.79. The second-order valence-corrected chi connectivity index (χ2v) is 10.6. The summed E-state index contributed by atoms with van der Waals surface area (Å²) in [7, 11) is 0. The predicted octanol–water partition coefficient (Wildman–Crippen LogP) is 7.18. The molecule has 6 nitrogen and oxygen atoms in total. The molecular formula is C33H37NO5. The number of aryl methyl sites for hydroxylation is 1. The molecule has 1 amide bonds. The molecule has 1 heterocycles. The van der Waals surface area contributed by atoms with Crippen LogP contribution in [0.25, 0.3) is 5.76 Å². The van der Waals surface area contributed by atoms with Gasteiger partial charge in [0, 0.05) is 11.3 Å². The van der Waals surface area contributed by atoms with Crippen molar-refractivity contribution in [2.24, 2.45) is 5.92 Å². The Morgan fingerprint density at radius 1 is 0.949 bits per heavy atom. The molecule has 1 saturated heterocycles. The summed E-state index contributed by atoms with van der Waals surface area (Å²) in [5, 5.41) is 11.6. The molecular weight excluding hydrogens is 490 g/mol. The normalized spacial score (nSPS) is 16.8. The number of rotatable bonds is 9. The second kappa shape index (κ2) is 11.8. The van der Waals surface area contributed by atoms with Crippen LogP contribution in [0.5, 0.6) is 11.5 Å². The maximum atomic E-state index is 13.5. The van der Waals surface area contributed by atoms with Gasteiger partial charge < -0.3 is 14.6 Å². The molecule has 0 bridgehead atoms. The van der Waals surface area contributed by atoms with E-state index in [1.165, 1.54) is 4.90 Å². The van der Waals surface area contributed by atoms with Crippen molar-refractivity contribution in [2.45, 2.75) is 53.5 Å². The summed E-state index contributed by atoms with van der Waals surface area (Å²) < 4.78 is 11.6. The summed E-state index contributed by atoms with van der Waals surface area (Å²) in [5.74, 6) is 0.330. The Balaban J connectivity index is 1.87. The molecule has 1 fully saturated rings. The van der Waals surface area contributed by atoms with Crippen LogP contribution in [0.15, 0.2) is 72.3 Å². The SMILES string of the molecule is CCOc1ccc(/C(O)=C2/C(=O)C(=O)N(c3cccc(C)c3)C2c2ccc(OCC(C)C)cc2)cc1C(C)C. The summed E-state index contributed by atoms with van der Waals surface area (Å²) in [5.41, 5.74) is 3.68. The van der Waals surface area contributed by atoms with Crippen LogP contribution < -0.4 is 14.4 Å². The van der Waals surface area contributed by atoms with Gasteiger partial charge in [0.05, 0.1) is 24.8 Å². The van der Waals surface area contributed by atoms with Gasteiger partial charge in [-0.15, -0.1) is 0 Å². The summed E-state index contributed by atoms with van der Waals surface area (Å²) in [6.45, 7) is 13.2. The number of benzene rings is 3. The lowest BCUT2D eigenvalue weighted by Crippen LogP contribution is -2.29. The number of hydrogen-bond donors (Lipinski definition) is 1. The van der Waals surface area contributed by atoms with E-state index in [1.807, 2.05) is 76.2 Å². The maximum absolute atomic E-state index is 13.5. The minimum atomic E-state index is -0.806. The van der Waals surface area contributed by atoms with Crippen LogP contribution in [-0.4, -0.2) is 30.0 Å². The van der Waals surface area contributed by atoms with Gasteiger partial charge in [0.1, 0.15) is 17.3 Å². The van der Waals surface area contributed by atoms with E-state index in [9.17, 15) is 14.7 Å². The van der Waals surface area contributed by atoms with E-state index in [1.54, 1.807) is 18.2 Å². The van der Waals surface area contributed by atoms with Crippen molar-refractivity contribution in [3.05, 3.63) is 94.6 Å². The number of carbonyl (C=O) groups is 2. The number of carbonyl (C=O) groups excluding carboxylic acids is 2. The van der Waals surface area contributed by atoms with E-state index < -0.39 is 17.7 Å². The Bertz CT molecular complexity index is 1390. The lowest BCUT2D eigenvalue weighted by molar-refractivity contribution is -0.132. The van der Waals surface area contributed by atoms with Crippen molar-refractivity contribution in [3.8, 4) is 11.5 Å². The van der Waals surface area contributed by atoms with Crippen LogP contribution in [0.1, 0.15) is 68.8 Å².